The molecule has 1 aliphatic heterocycles. The molecule has 0 spiro atoms. The molecule has 0 saturated carbocycles. The number of amides is 2. The van der Waals surface area contributed by atoms with Gasteiger partial charge < -0.3 is 25.8 Å². The number of carbonyl (C=O) groups excluding carboxylic acids is 1. The first kappa shape index (κ1) is 27.5. The second kappa shape index (κ2) is 15.3. The van der Waals surface area contributed by atoms with Crippen LogP contribution < -0.4 is 16.0 Å². The highest BCUT2D eigenvalue weighted by Gasteiger charge is 2.17. The highest BCUT2D eigenvalue weighted by Crippen LogP contribution is 2.14. The lowest BCUT2D eigenvalue weighted by Crippen LogP contribution is -2.42. The lowest BCUT2D eigenvalue weighted by Gasteiger charge is -2.21. The number of hydrogen-bond acceptors (Lipinski definition) is 3. The highest BCUT2D eigenvalue weighted by atomic mass is 127. The summed E-state index contributed by atoms with van der Waals surface area (Å²) in [4.78, 5) is 21.0. The maximum Gasteiger partial charge on any atom is 0.321 e. The van der Waals surface area contributed by atoms with Crippen LogP contribution in [0.3, 0.4) is 0 Å². The molecule has 1 fully saturated rings. The molecule has 0 bridgehead atoms. The first-order valence-electron chi connectivity index (χ1n) is 11.4. The van der Waals surface area contributed by atoms with E-state index in [1.807, 2.05) is 23.1 Å². The number of guanidine groups is 1. The van der Waals surface area contributed by atoms with Crippen LogP contribution in [0.15, 0.2) is 29.3 Å². The van der Waals surface area contributed by atoms with Crippen LogP contribution in [-0.4, -0.2) is 67.6 Å². The molecule has 1 aromatic carbocycles. The molecule has 1 atom stereocenters. The van der Waals surface area contributed by atoms with Gasteiger partial charge in [0.15, 0.2) is 5.96 Å². The normalized spacial score (nSPS) is 14.9. The van der Waals surface area contributed by atoms with Crippen molar-refractivity contribution in [3.05, 3.63) is 29.8 Å². The first-order chi connectivity index (χ1) is 14.5. The summed E-state index contributed by atoms with van der Waals surface area (Å²) in [6.07, 6.45) is 4.47. The third-order valence-corrected chi connectivity index (χ3v) is 5.64. The number of halogens is 1. The summed E-state index contributed by atoms with van der Waals surface area (Å²) in [6.45, 7) is 12.3. The number of urea groups is 1. The van der Waals surface area contributed by atoms with Crippen LogP contribution in [0.2, 0.25) is 0 Å². The van der Waals surface area contributed by atoms with Crippen LogP contribution in [0.1, 0.15) is 52.0 Å². The Bertz CT molecular complexity index is 674. The van der Waals surface area contributed by atoms with E-state index in [0.717, 1.165) is 69.2 Å². The average Bonchev–Trinajstić information content (AvgIpc) is 3.29. The zero-order valence-corrected chi connectivity index (χ0v) is 21.9. The molecule has 1 aliphatic rings. The van der Waals surface area contributed by atoms with Gasteiger partial charge in [0.05, 0.1) is 0 Å². The number of nitrogens with one attached hydrogen (secondary N) is 3. The van der Waals surface area contributed by atoms with Crippen molar-refractivity contribution in [2.45, 2.75) is 59.0 Å². The molecule has 0 radical (unpaired) electrons. The Hall–Kier alpha value is -1.55. The van der Waals surface area contributed by atoms with Crippen molar-refractivity contribution in [1.82, 2.24) is 20.4 Å². The van der Waals surface area contributed by atoms with Gasteiger partial charge in [-0.1, -0.05) is 26.0 Å². The molecule has 0 aromatic heterocycles. The molecule has 1 heterocycles. The van der Waals surface area contributed by atoms with Gasteiger partial charge in [-0.25, -0.2) is 4.79 Å². The fraction of sp³-hybridized carbons (Fsp3) is 0.652. The number of hydrogen-bond donors (Lipinski definition) is 3. The van der Waals surface area contributed by atoms with Crippen molar-refractivity contribution in [1.29, 1.82) is 0 Å². The Morgan fingerprint density at radius 3 is 2.58 bits per heavy atom. The van der Waals surface area contributed by atoms with E-state index in [0.29, 0.717) is 12.6 Å². The molecule has 31 heavy (non-hydrogen) atoms. The largest absolute Gasteiger partial charge is 0.354 e. The van der Waals surface area contributed by atoms with Gasteiger partial charge in [0.25, 0.3) is 0 Å². The Kier molecular flexibility index (Phi) is 13.6. The number of aliphatic imine (C=N–C) groups is 1. The third-order valence-electron chi connectivity index (χ3n) is 5.64. The number of benzene rings is 1. The molecule has 0 aliphatic carbocycles. The topological polar surface area (TPSA) is 72.0 Å². The molecule has 3 N–H and O–H groups in total. The quantitative estimate of drug-likeness (QED) is 0.236. The number of likely N-dealkylation sites (tertiary alicyclic amines) is 1. The van der Waals surface area contributed by atoms with Gasteiger partial charge in [0.1, 0.15) is 0 Å². The van der Waals surface area contributed by atoms with Gasteiger partial charge in [0, 0.05) is 38.4 Å². The van der Waals surface area contributed by atoms with E-state index in [1.165, 1.54) is 6.42 Å². The van der Waals surface area contributed by atoms with Gasteiger partial charge in [-0.2, -0.15) is 0 Å². The molecule has 176 valence electrons. The molecule has 1 aromatic rings. The molecule has 1 unspecified atom stereocenters. The molecule has 7 nitrogen and oxygen atoms in total. The second-order valence-electron chi connectivity index (χ2n) is 7.96. The molecule has 1 saturated heterocycles. The molecular formula is C23H41IN6O. The van der Waals surface area contributed by atoms with Gasteiger partial charge >= 0.3 is 6.03 Å². The predicted molar refractivity (Wildman–Crippen MR) is 142 cm³/mol. The zero-order chi connectivity index (χ0) is 21.8. The van der Waals surface area contributed by atoms with Crippen molar-refractivity contribution in [3.8, 4) is 0 Å². The second-order valence-corrected chi connectivity index (χ2v) is 7.96. The molecule has 2 amide bonds. The van der Waals surface area contributed by atoms with Crippen LogP contribution >= 0.6 is 24.0 Å². The molecule has 8 heteroatoms. The SMILES string of the molecule is CCN(CC)CCCC(C)NC(=NC)NCc1cccc(NC(=O)N2CCCC2)c1.I. The minimum atomic E-state index is -0.00591. The van der Waals surface area contributed by atoms with Crippen molar-refractivity contribution in [3.63, 3.8) is 0 Å². The standard InChI is InChI=1S/C23H40N6O.HI/c1-5-28(6-2)14-10-11-19(3)26-22(24-4)25-18-20-12-9-13-21(17-20)27-23(30)29-15-7-8-16-29;/h9,12-13,17,19H,5-8,10-11,14-16,18H2,1-4H3,(H,27,30)(H2,24,25,26);1H. The Morgan fingerprint density at radius 2 is 1.94 bits per heavy atom. The Morgan fingerprint density at radius 1 is 1.23 bits per heavy atom. The van der Waals surface area contributed by atoms with Crippen molar-refractivity contribution in [2.75, 3.05) is 45.1 Å². The van der Waals surface area contributed by atoms with Crippen molar-refractivity contribution < 1.29 is 4.79 Å². The smallest absolute Gasteiger partial charge is 0.321 e. The van der Waals surface area contributed by atoms with Crippen LogP contribution in [0.4, 0.5) is 10.5 Å². The summed E-state index contributed by atoms with van der Waals surface area (Å²) in [6, 6.07) is 8.33. The summed E-state index contributed by atoms with van der Waals surface area (Å²) in [7, 11) is 1.80. The summed E-state index contributed by atoms with van der Waals surface area (Å²) in [5.74, 6) is 0.803. The van der Waals surface area contributed by atoms with E-state index in [2.05, 4.69) is 52.7 Å². The van der Waals surface area contributed by atoms with Gasteiger partial charge in [-0.05, 0) is 69.9 Å². The molecular weight excluding hydrogens is 503 g/mol. The van der Waals surface area contributed by atoms with Gasteiger partial charge in [-0.15, -0.1) is 24.0 Å². The molecule has 2 rings (SSSR count). The fourth-order valence-corrected chi connectivity index (χ4v) is 3.73. The van der Waals surface area contributed by atoms with Gasteiger partial charge in [-0.3, -0.25) is 4.99 Å². The Labute approximate surface area is 205 Å². The lowest BCUT2D eigenvalue weighted by atomic mass is 10.1. The third kappa shape index (κ3) is 10.1. The minimum Gasteiger partial charge on any atom is -0.354 e. The van der Waals surface area contributed by atoms with Gasteiger partial charge in [0.2, 0.25) is 0 Å². The highest BCUT2D eigenvalue weighted by molar-refractivity contribution is 14.0. The summed E-state index contributed by atoms with van der Waals surface area (Å²) >= 11 is 0. The lowest BCUT2D eigenvalue weighted by molar-refractivity contribution is 0.222. The van der Waals surface area contributed by atoms with E-state index in [-0.39, 0.29) is 30.0 Å². The van der Waals surface area contributed by atoms with E-state index < -0.39 is 0 Å². The maximum absolute atomic E-state index is 12.3. The van der Waals surface area contributed by atoms with E-state index in [9.17, 15) is 4.79 Å². The van der Waals surface area contributed by atoms with Crippen molar-refractivity contribution in [2.24, 2.45) is 4.99 Å². The minimum absolute atomic E-state index is 0. The summed E-state index contributed by atoms with van der Waals surface area (Å²) in [5, 5.41) is 9.86. The fourth-order valence-electron chi connectivity index (χ4n) is 3.73. The van der Waals surface area contributed by atoms with E-state index >= 15 is 0 Å². The zero-order valence-electron chi connectivity index (χ0n) is 19.6. The van der Waals surface area contributed by atoms with Crippen LogP contribution in [0.5, 0.6) is 0 Å². The van der Waals surface area contributed by atoms with E-state index in [1.54, 1.807) is 7.05 Å². The number of rotatable bonds is 10. The van der Waals surface area contributed by atoms with Crippen molar-refractivity contribution >= 4 is 41.7 Å². The number of carbonyl (C=O) groups is 1. The van der Waals surface area contributed by atoms with Crippen LogP contribution in [-0.2, 0) is 6.54 Å². The Balaban J connectivity index is 0.00000480. The predicted octanol–water partition coefficient (Wildman–Crippen LogP) is 4.11. The number of anilines is 1. The summed E-state index contributed by atoms with van der Waals surface area (Å²) in [5.41, 5.74) is 1.94. The number of nitrogens with zero attached hydrogens (tertiary/aromatic N) is 3. The van der Waals surface area contributed by atoms with E-state index in [4.69, 9.17) is 0 Å². The average molecular weight is 545 g/mol. The summed E-state index contributed by atoms with van der Waals surface area (Å²) < 4.78 is 0. The maximum atomic E-state index is 12.3. The monoisotopic (exact) mass is 544 g/mol. The van der Waals surface area contributed by atoms with Crippen LogP contribution in [0.25, 0.3) is 0 Å². The van der Waals surface area contributed by atoms with Crippen LogP contribution in [0, 0.1) is 0 Å². The first-order valence-corrected chi connectivity index (χ1v) is 11.4.